The van der Waals surface area contributed by atoms with Crippen LogP contribution in [-0.4, -0.2) is 15.6 Å². The third-order valence-electron chi connectivity index (χ3n) is 3.66. The molecule has 1 fully saturated rings. The van der Waals surface area contributed by atoms with Gasteiger partial charge in [0.15, 0.2) is 0 Å². The Morgan fingerprint density at radius 3 is 2.59 bits per heavy atom. The quantitative estimate of drug-likeness (QED) is 0.856. The molecule has 0 radical (unpaired) electrons. The average molecular weight is 229 g/mol. The topological polar surface area (TPSA) is 42.2 Å². The normalized spacial score (nSPS) is 16.7. The van der Waals surface area contributed by atoms with Crippen molar-refractivity contribution in [2.75, 3.05) is 0 Å². The Balaban J connectivity index is 2.03. The van der Waals surface area contributed by atoms with Crippen LogP contribution in [0, 0.1) is 0 Å². The van der Waals surface area contributed by atoms with E-state index in [4.69, 9.17) is 5.11 Å². The number of fused-ring (bicyclic) bond motifs is 1. The van der Waals surface area contributed by atoms with E-state index in [1.54, 1.807) is 12.1 Å². The highest BCUT2D eigenvalue weighted by atomic mass is 16.4. The van der Waals surface area contributed by atoms with E-state index in [1.165, 1.54) is 25.7 Å². The molecule has 0 bridgehead atoms. The van der Waals surface area contributed by atoms with Crippen LogP contribution in [0.2, 0.25) is 0 Å². The van der Waals surface area contributed by atoms with Gasteiger partial charge in [-0.2, -0.15) is 0 Å². The molecule has 1 N–H and O–H groups in total. The fourth-order valence-corrected chi connectivity index (χ4v) is 2.71. The average Bonchev–Trinajstić information content (AvgIpc) is 2.96. The van der Waals surface area contributed by atoms with Crippen molar-refractivity contribution in [3.63, 3.8) is 0 Å². The smallest absolute Gasteiger partial charge is 0.335 e. The van der Waals surface area contributed by atoms with Crippen LogP contribution >= 0.6 is 0 Å². The van der Waals surface area contributed by atoms with Gasteiger partial charge in [-0.05, 0) is 30.4 Å². The van der Waals surface area contributed by atoms with E-state index in [0.717, 1.165) is 10.8 Å². The Morgan fingerprint density at radius 1 is 1.18 bits per heavy atom. The Labute approximate surface area is 99.7 Å². The molecular weight excluding hydrogens is 214 g/mol. The third-order valence-corrected chi connectivity index (χ3v) is 3.66. The van der Waals surface area contributed by atoms with E-state index in [0.29, 0.717) is 11.6 Å². The molecule has 3 rings (SSSR count). The maximum absolute atomic E-state index is 10.9. The molecule has 1 heterocycles. The number of rotatable bonds is 2. The maximum Gasteiger partial charge on any atom is 0.335 e. The standard InChI is InChI=1S/C14H15NO2/c16-14(17)10-5-6-11-8-15(9-12(11)7-10)13-3-1-2-4-13/h5-9,13H,1-4H2,(H,16,17). The predicted octanol–water partition coefficient (Wildman–Crippen LogP) is 3.45. The Bertz CT molecular complexity index is 565. The second kappa shape index (κ2) is 3.91. The minimum absolute atomic E-state index is 0.363. The van der Waals surface area contributed by atoms with Crippen LogP contribution in [0.4, 0.5) is 0 Å². The Morgan fingerprint density at radius 2 is 1.88 bits per heavy atom. The van der Waals surface area contributed by atoms with E-state index >= 15 is 0 Å². The SMILES string of the molecule is O=C(O)c1ccc2cn(C3CCCC3)cc2c1. The molecule has 1 saturated carbocycles. The number of nitrogens with zero attached hydrogens (tertiary/aromatic N) is 1. The molecule has 1 aliphatic rings. The fourth-order valence-electron chi connectivity index (χ4n) is 2.71. The fraction of sp³-hybridized carbons (Fsp3) is 0.357. The van der Waals surface area contributed by atoms with Crippen molar-refractivity contribution in [3.8, 4) is 0 Å². The van der Waals surface area contributed by atoms with Gasteiger partial charge < -0.3 is 9.67 Å². The van der Waals surface area contributed by atoms with Gasteiger partial charge in [0.1, 0.15) is 0 Å². The number of aromatic carboxylic acids is 1. The van der Waals surface area contributed by atoms with Crippen molar-refractivity contribution < 1.29 is 9.90 Å². The number of hydrogen-bond donors (Lipinski definition) is 1. The minimum Gasteiger partial charge on any atom is -0.478 e. The molecule has 0 aliphatic heterocycles. The monoisotopic (exact) mass is 229 g/mol. The number of carbonyl (C=O) groups is 1. The molecule has 3 nitrogen and oxygen atoms in total. The van der Waals surface area contributed by atoms with Crippen LogP contribution in [0.5, 0.6) is 0 Å². The van der Waals surface area contributed by atoms with Crippen LogP contribution in [0.3, 0.4) is 0 Å². The second-order valence-corrected chi connectivity index (χ2v) is 4.79. The number of benzene rings is 1. The second-order valence-electron chi connectivity index (χ2n) is 4.79. The summed E-state index contributed by atoms with van der Waals surface area (Å²) in [4.78, 5) is 10.9. The van der Waals surface area contributed by atoms with Gasteiger partial charge in [-0.3, -0.25) is 0 Å². The van der Waals surface area contributed by atoms with Crippen LogP contribution in [0.25, 0.3) is 10.8 Å². The van der Waals surface area contributed by atoms with Gasteiger partial charge in [0.25, 0.3) is 0 Å². The lowest BCUT2D eigenvalue weighted by Crippen LogP contribution is -2.00. The van der Waals surface area contributed by atoms with Gasteiger partial charge in [-0.15, -0.1) is 0 Å². The van der Waals surface area contributed by atoms with Gasteiger partial charge in [0, 0.05) is 23.8 Å². The number of hydrogen-bond acceptors (Lipinski definition) is 1. The van der Waals surface area contributed by atoms with Gasteiger partial charge in [0.05, 0.1) is 5.56 Å². The summed E-state index contributed by atoms with van der Waals surface area (Å²) >= 11 is 0. The van der Waals surface area contributed by atoms with E-state index < -0.39 is 5.97 Å². The molecule has 3 heteroatoms. The van der Waals surface area contributed by atoms with Crippen LogP contribution in [0.1, 0.15) is 42.1 Å². The zero-order valence-electron chi connectivity index (χ0n) is 9.60. The first-order valence-electron chi connectivity index (χ1n) is 6.08. The molecule has 1 aromatic carbocycles. The first-order valence-corrected chi connectivity index (χ1v) is 6.08. The highest BCUT2D eigenvalue weighted by molar-refractivity contribution is 5.94. The van der Waals surface area contributed by atoms with Crippen molar-refractivity contribution >= 4 is 16.7 Å². The highest BCUT2D eigenvalue weighted by Crippen LogP contribution is 2.31. The largest absolute Gasteiger partial charge is 0.478 e. The molecule has 1 aliphatic carbocycles. The Hall–Kier alpha value is -1.77. The summed E-state index contributed by atoms with van der Waals surface area (Å²) in [5, 5.41) is 11.1. The zero-order chi connectivity index (χ0) is 11.8. The maximum atomic E-state index is 10.9. The lowest BCUT2D eigenvalue weighted by Gasteiger charge is -2.10. The molecule has 2 aromatic rings. The van der Waals surface area contributed by atoms with Gasteiger partial charge in [-0.25, -0.2) is 4.79 Å². The number of aromatic nitrogens is 1. The van der Waals surface area contributed by atoms with Crippen LogP contribution in [-0.2, 0) is 0 Å². The third kappa shape index (κ3) is 1.82. The van der Waals surface area contributed by atoms with Crippen LogP contribution in [0.15, 0.2) is 30.6 Å². The predicted molar refractivity (Wildman–Crippen MR) is 66.4 cm³/mol. The lowest BCUT2D eigenvalue weighted by molar-refractivity contribution is 0.0697. The molecule has 88 valence electrons. The molecule has 1 aromatic heterocycles. The molecule has 0 saturated heterocycles. The summed E-state index contributed by atoms with van der Waals surface area (Å²) in [7, 11) is 0. The van der Waals surface area contributed by atoms with Gasteiger partial charge in [-0.1, -0.05) is 18.9 Å². The van der Waals surface area contributed by atoms with E-state index in [-0.39, 0.29) is 0 Å². The first-order chi connectivity index (χ1) is 8.24. The highest BCUT2D eigenvalue weighted by Gasteiger charge is 2.17. The number of carboxylic acid groups (broad SMARTS) is 1. The molecule has 17 heavy (non-hydrogen) atoms. The molecule has 0 unspecified atom stereocenters. The summed E-state index contributed by atoms with van der Waals surface area (Å²) in [6.07, 6.45) is 9.31. The summed E-state index contributed by atoms with van der Waals surface area (Å²) in [6, 6.07) is 5.92. The summed E-state index contributed by atoms with van der Waals surface area (Å²) in [6.45, 7) is 0. The van der Waals surface area contributed by atoms with Crippen molar-refractivity contribution in [1.29, 1.82) is 0 Å². The van der Waals surface area contributed by atoms with E-state index in [1.807, 2.05) is 6.07 Å². The minimum atomic E-state index is -0.861. The van der Waals surface area contributed by atoms with Crippen molar-refractivity contribution in [2.45, 2.75) is 31.7 Å². The molecule has 0 atom stereocenters. The van der Waals surface area contributed by atoms with E-state index in [2.05, 4.69) is 17.0 Å². The molecule has 0 amide bonds. The van der Waals surface area contributed by atoms with Crippen molar-refractivity contribution in [2.24, 2.45) is 0 Å². The van der Waals surface area contributed by atoms with Gasteiger partial charge >= 0.3 is 5.97 Å². The van der Waals surface area contributed by atoms with Crippen LogP contribution < -0.4 is 0 Å². The molecular formula is C14H15NO2. The first kappa shape index (κ1) is 10.4. The summed E-state index contributed by atoms with van der Waals surface area (Å²) in [5.74, 6) is -0.861. The lowest BCUT2D eigenvalue weighted by atomic mass is 10.1. The van der Waals surface area contributed by atoms with Crippen molar-refractivity contribution in [3.05, 3.63) is 36.2 Å². The number of carboxylic acids is 1. The van der Waals surface area contributed by atoms with E-state index in [9.17, 15) is 4.79 Å². The summed E-state index contributed by atoms with van der Waals surface area (Å²) < 4.78 is 2.25. The Kier molecular flexibility index (Phi) is 2.39. The summed E-state index contributed by atoms with van der Waals surface area (Å²) in [5.41, 5.74) is 0.363. The van der Waals surface area contributed by atoms with Crippen molar-refractivity contribution in [1.82, 2.24) is 4.57 Å². The zero-order valence-corrected chi connectivity index (χ0v) is 9.60. The molecule has 0 spiro atoms. The van der Waals surface area contributed by atoms with Gasteiger partial charge in [0.2, 0.25) is 0 Å².